The van der Waals surface area contributed by atoms with Crippen LogP contribution in [-0.2, 0) is 17.3 Å². The lowest BCUT2D eigenvalue weighted by atomic mass is 10.2. The number of H-pyrrole nitrogens is 2. The molecule has 112 valence electrons. The Balaban J connectivity index is 2.04. The number of rotatable bonds is 4. The second-order valence-electron chi connectivity index (χ2n) is 3.84. The smallest absolute Gasteiger partial charge is 0.421 e. The van der Waals surface area contributed by atoms with Crippen molar-refractivity contribution < 1.29 is 22.7 Å². The van der Waals surface area contributed by atoms with Gasteiger partial charge >= 0.3 is 12.1 Å². The van der Waals surface area contributed by atoms with Gasteiger partial charge in [-0.25, -0.2) is 4.79 Å². The molecule has 2 aromatic heterocycles. The number of carbonyl (C=O) groups excluding carboxylic acids is 1. The SMILES string of the molecule is O=C(OCCc1nn[nH]n1)c1c[nH]c(=O)c(C(F)(F)F)c1. The summed E-state index contributed by atoms with van der Waals surface area (Å²) in [5.74, 6) is -0.708. The third kappa shape index (κ3) is 3.64. The molecule has 0 saturated heterocycles. The van der Waals surface area contributed by atoms with Crippen LogP contribution in [0.2, 0.25) is 0 Å². The molecular weight excluding hydrogens is 295 g/mol. The largest absolute Gasteiger partial charge is 0.462 e. The number of ether oxygens (including phenoxy) is 1. The fraction of sp³-hybridized carbons (Fsp3) is 0.300. The number of hydrogen-bond acceptors (Lipinski definition) is 6. The molecule has 0 aliphatic heterocycles. The number of tetrazole rings is 1. The fourth-order valence-corrected chi connectivity index (χ4v) is 1.42. The van der Waals surface area contributed by atoms with Gasteiger partial charge in [0.05, 0.1) is 12.2 Å². The van der Waals surface area contributed by atoms with E-state index in [4.69, 9.17) is 4.74 Å². The predicted octanol–water partition coefficient (Wildman–Crippen LogP) is 0.306. The Bertz CT molecular complexity index is 680. The average Bonchev–Trinajstić information content (AvgIpc) is 2.91. The van der Waals surface area contributed by atoms with Crippen molar-refractivity contribution >= 4 is 5.97 Å². The minimum Gasteiger partial charge on any atom is -0.462 e. The van der Waals surface area contributed by atoms with E-state index in [9.17, 15) is 22.8 Å². The van der Waals surface area contributed by atoms with Gasteiger partial charge in [-0.05, 0) is 6.07 Å². The lowest BCUT2D eigenvalue weighted by molar-refractivity contribution is -0.138. The van der Waals surface area contributed by atoms with Crippen molar-refractivity contribution in [3.63, 3.8) is 0 Å². The van der Waals surface area contributed by atoms with Crippen LogP contribution in [0.1, 0.15) is 21.7 Å². The quantitative estimate of drug-likeness (QED) is 0.786. The van der Waals surface area contributed by atoms with Crippen molar-refractivity contribution in [3.05, 3.63) is 39.6 Å². The van der Waals surface area contributed by atoms with Crippen LogP contribution < -0.4 is 5.56 Å². The summed E-state index contributed by atoms with van der Waals surface area (Å²) in [5.41, 5.74) is -3.20. The van der Waals surface area contributed by atoms with Gasteiger partial charge in [0, 0.05) is 12.6 Å². The average molecular weight is 303 g/mol. The molecule has 0 atom stereocenters. The van der Waals surface area contributed by atoms with Crippen molar-refractivity contribution in [2.75, 3.05) is 6.61 Å². The Kier molecular flexibility index (Phi) is 4.00. The summed E-state index contributed by atoms with van der Waals surface area (Å²) in [6.45, 7) is -0.140. The monoisotopic (exact) mass is 303 g/mol. The molecular formula is C10H8F3N5O3. The highest BCUT2D eigenvalue weighted by Crippen LogP contribution is 2.26. The number of pyridine rings is 1. The van der Waals surface area contributed by atoms with Gasteiger partial charge in [0.25, 0.3) is 5.56 Å². The molecule has 0 spiro atoms. The highest BCUT2D eigenvalue weighted by molar-refractivity contribution is 5.89. The Hall–Kier alpha value is -2.72. The van der Waals surface area contributed by atoms with Gasteiger partial charge in [-0.1, -0.05) is 5.21 Å². The van der Waals surface area contributed by atoms with Crippen LogP contribution in [-0.4, -0.2) is 38.2 Å². The summed E-state index contributed by atoms with van der Waals surface area (Å²) in [6.07, 6.45) is -3.85. The third-order valence-electron chi connectivity index (χ3n) is 2.39. The number of carbonyl (C=O) groups is 1. The molecule has 0 fully saturated rings. The number of esters is 1. The lowest BCUT2D eigenvalue weighted by Crippen LogP contribution is -2.23. The minimum absolute atomic E-state index is 0.140. The van der Waals surface area contributed by atoms with Gasteiger partial charge in [0.15, 0.2) is 5.82 Å². The highest BCUT2D eigenvalue weighted by Gasteiger charge is 2.34. The van der Waals surface area contributed by atoms with E-state index in [0.717, 1.165) is 6.20 Å². The first-order valence-corrected chi connectivity index (χ1v) is 5.57. The van der Waals surface area contributed by atoms with Crippen molar-refractivity contribution in [3.8, 4) is 0 Å². The minimum atomic E-state index is -4.85. The fourth-order valence-electron chi connectivity index (χ4n) is 1.42. The van der Waals surface area contributed by atoms with Gasteiger partial charge in [-0.3, -0.25) is 4.79 Å². The summed E-state index contributed by atoms with van der Waals surface area (Å²) in [5, 5.41) is 12.7. The van der Waals surface area contributed by atoms with Gasteiger partial charge < -0.3 is 9.72 Å². The standard InChI is InChI=1S/C10H8F3N5O3/c11-10(12,13)6-3-5(4-14-8(6)19)9(20)21-2-1-7-15-17-18-16-7/h3-4H,1-2H2,(H,14,19)(H,15,16,17,18). The second kappa shape index (κ2) is 5.73. The molecule has 2 rings (SSSR count). The number of nitrogens with zero attached hydrogens (tertiary/aromatic N) is 3. The third-order valence-corrected chi connectivity index (χ3v) is 2.39. The molecule has 0 aliphatic carbocycles. The van der Waals surface area contributed by atoms with E-state index < -0.39 is 28.8 Å². The first kappa shape index (κ1) is 14.7. The maximum Gasteiger partial charge on any atom is 0.421 e. The van der Waals surface area contributed by atoms with Crippen LogP contribution in [0.4, 0.5) is 13.2 Å². The van der Waals surface area contributed by atoms with Gasteiger partial charge in [0.2, 0.25) is 0 Å². The van der Waals surface area contributed by atoms with Crippen LogP contribution in [0.15, 0.2) is 17.1 Å². The zero-order chi connectivity index (χ0) is 15.5. The molecule has 11 heteroatoms. The summed E-state index contributed by atoms with van der Waals surface area (Å²) in [6, 6.07) is 0.440. The zero-order valence-electron chi connectivity index (χ0n) is 10.3. The van der Waals surface area contributed by atoms with Crippen LogP contribution in [0.3, 0.4) is 0 Å². The molecule has 2 N–H and O–H groups in total. The van der Waals surface area contributed by atoms with Crippen LogP contribution in [0, 0.1) is 0 Å². The van der Waals surface area contributed by atoms with Crippen molar-refractivity contribution in [2.45, 2.75) is 12.6 Å². The molecule has 0 radical (unpaired) electrons. The van der Waals surface area contributed by atoms with E-state index in [0.29, 0.717) is 11.9 Å². The summed E-state index contributed by atoms with van der Waals surface area (Å²) < 4.78 is 42.4. The Morgan fingerprint density at radius 3 is 2.76 bits per heavy atom. The maximum absolute atomic E-state index is 12.5. The Labute approximate surface area is 114 Å². The van der Waals surface area contributed by atoms with Gasteiger partial charge in [0.1, 0.15) is 5.56 Å². The van der Waals surface area contributed by atoms with Crippen LogP contribution in [0.25, 0.3) is 0 Å². The van der Waals surface area contributed by atoms with E-state index in [1.54, 1.807) is 0 Å². The van der Waals surface area contributed by atoms with E-state index in [-0.39, 0.29) is 13.0 Å². The molecule has 0 saturated carbocycles. The first-order valence-electron chi connectivity index (χ1n) is 5.57. The van der Waals surface area contributed by atoms with E-state index in [1.165, 1.54) is 0 Å². The highest BCUT2D eigenvalue weighted by atomic mass is 19.4. The molecule has 2 heterocycles. The maximum atomic E-state index is 12.5. The van der Waals surface area contributed by atoms with Crippen molar-refractivity contribution in [2.24, 2.45) is 0 Å². The summed E-state index contributed by atoms with van der Waals surface area (Å²) >= 11 is 0. The molecule has 0 unspecified atom stereocenters. The topological polar surface area (TPSA) is 114 Å². The zero-order valence-corrected chi connectivity index (χ0v) is 10.3. The van der Waals surface area contributed by atoms with Crippen molar-refractivity contribution in [1.82, 2.24) is 25.6 Å². The van der Waals surface area contributed by atoms with Crippen LogP contribution >= 0.6 is 0 Å². The Morgan fingerprint density at radius 1 is 1.38 bits per heavy atom. The number of hydrogen-bond donors (Lipinski definition) is 2. The van der Waals surface area contributed by atoms with E-state index in [1.807, 2.05) is 4.98 Å². The van der Waals surface area contributed by atoms with E-state index >= 15 is 0 Å². The number of nitrogens with one attached hydrogen (secondary N) is 2. The molecule has 2 aromatic rings. The second-order valence-corrected chi connectivity index (χ2v) is 3.84. The summed E-state index contributed by atoms with van der Waals surface area (Å²) in [7, 11) is 0. The normalized spacial score (nSPS) is 11.4. The molecule has 21 heavy (non-hydrogen) atoms. The predicted molar refractivity (Wildman–Crippen MR) is 60.2 cm³/mol. The van der Waals surface area contributed by atoms with Gasteiger partial charge in [-0.2, -0.15) is 18.4 Å². The van der Waals surface area contributed by atoms with Gasteiger partial charge in [-0.15, -0.1) is 10.2 Å². The molecule has 0 aromatic carbocycles. The number of aromatic amines is 2. The van der Waals surface area contributed by atoms with Crippen LogP contribution in [0.5, 0.6) is 0 Å². The number of aromatic nitrogens is 5. The molecule has 0 bridgehead atoms. The summed E-state index contributed by atoms with van der Waals surface area (Å²) in [4.78, 5) is 24.5. The number of alkyl halides is 3. The first-order chi connectivity index (χ1) is 9.88. The van der Waals surface area contributed by atoms with E-state index in [2.05, 4.69) is 20.6 Å². The van der Waals surface area contributed by atoms with Crippen molar-refractivity contribution in [1.29, 1.82) is 0 Å². The molecule has 8 nitrogen and oxygen atoms in total. The Morgan fingerprint density at radius 2 is 2.14 bits per heavy atom. The number of halogens is 3. The lowest BCUT2D eigenvalue weighted by Gasteiger charge is -2.07. The molecule has 0 amide bonds. The molecule has 0 aliphatic rings.